The summed E-state index contributed by atoms with van der Waals surface area (Å²) >= 11 is 1.39. The highest BCUT2D eigenvalue weighted by Crippen LogP contribution is 2.44. The highest BCUT2D eigenvalue weighted by atomic mass is 32.2. The predicted octanol–water partition coefficient (Wildman–Crippen LogP) is 7.07. The number of methoxy groups -OCH3 is 1. The minimum atomic E-state index is -0.452. The molecule has 1 saturated carbocycles. The van der Waals surface area contributed by atoms with Crippen LogP contribution in [0.1, 0.15) is 43.7 Å². The Kier molecular flexibility index (Phi) is 8.60. The van der Waals surface area contributed by atoms with E-state index >= 15 is 0 Å². The number of carbonyl (C=O) groups excluding carboxylic acids is 1. The van der Waals surface area contributed by atoms with E-state index < -0.39 is 4.92 Å². The Labute approximate surface area is 238 Å². The number of rotatable bonds is 9. The molecule has 0 bridgehead atoms. The Bertz CT molecular complexity index is 1380. The van der Waals surface area contributed by atoms with Crippen LogP contribution in [0.2, 0.25) is 0 Å². The fourth-order valence-corrected chi connectivity index (χ4v) is 6.56. The number of hydrogen-bond donors (Lipinski definition) is 1. The summed E-state index contributed by atoms with van der Waals surface area (Å²) in [5.74, 6) is 0.885. The van der Waals surface area contributed by atoms with Gasteiger partial charge in [-0.05, 0) is 48.6 Å². The van der Waals surface area contributed by atoms with Gasteiger partial charge in [0.2, 0.25) is 0 Å². The molecular formula is C31H33N3O5S. The second-order valence-corrected chi connectivity index (χ2v) is 11.2. The molecule has 1 amide bonds. The van der Waals surface area contributed by atoms with Gasteiger partial charge in [0.05, 0.1) is 28.6 Å². The normalized spacial score (nSPS) is 21.9. The maximum atomic E-state index is 13.9. The summed E-state index contributed by atoms with van der Waals surface area (Å²) in [7, 11) is 1.49. The molecular weight excluding hydrogens is 526 g/mol. The van der Waals surface area contributed by atoms with Gasteiger partial charge in [0, 0.05) is 11.7 Å². The predicted molar refractivity (Wildman–Crippen MR) is 158 cm³/mol. The van der Waals surface area contributed by atoms with Crippen molar-refractivity contribution in [3.05, 3.63) is 98.9 Å². The van der Waals surface area contributed by atoms with Crippen LogP contribution >= 0.6 is 11.8 Å². The molecule has 3 aromatic rings. The fourth-order valence-electron chi connectivity index (χ4n) is 5.35. The summed E-state index contributed by atoms with van der Waals surface area (Å²) in [5, 5.41) is 15.6. The zero-order valence-electron chi connectivity index (χ0n) is 22.6. The third-order valence-electron chi connectivity index (χ3n) is 7.46. The second kappa shape index (κ2) is 12.5. The molecule has 1 unspecified atom stereocenters. The van der Waals surface area contributed by atoms with E-state index in [1.807, 2.05) is 65.6 Å². The molecule has 1 heterocycles. The van der Waals surface area contributed by atoms with Gasteiger partial charge in [-0.25, -0.2) is 0 Å². The third-order valence-corrected chi connectivity index (χ3v) is 8.57. The highest BCUT2D eigenvalue weighted by molar-refractivity contribution is 8.05. The number of benzene rings is 3. The molecule has 3 aromatic carbocycles. The van der Waals surface area contributed by atoms with Gasteiger partial charge in [-0.1, -0.05) is 80.1 Å². The van der Waals surface area contributed by atoms with Crippen LogP contribution in [-0.2, 0) is 11.4 Å². The molecule has 3 atom stereocenters. The maximum absolute atomic E-state index is 13.9. The van der Waals surface area contributed by atoms with Gasteiger partial charge in [0.1, 0.15) is 6.61 Å². The zero-order chi connectivity index (χ0) is 28.1. The van der Waals surface area contributed by atoms with E-state index in [4.69, 9.17) is 9.47 Å². The first kappa shape index (κ1) is 27.6. The number of ether oxygens (including phenoxy) is 2. The zero-order valence-corrected chi connectivity index (χ0v) is 23.4. The summed E-state index contributed by atoms with van der Waals surface area (Å²) < 4.78 is 11.4. The van der Waals surface area contributed by atoms with Crippen molar-refractivity contribution in [2.75, 3.05) is 12.4 Å². The molecule has 2 aliphatic rings. The van der Waals surface area contributed by atoms with Crippen molar-refractivity contribution in [1.29, 1.82) is 0 Å². The summed E-state index contributed by atoms with van der Waals surface area (Å²) in [6.45, 7) is 2.44. The van der Waals surface area contributed by atoms with Gasteiger partial charge in [0.15, 0.2) is 17.0 Å². The molecule has 1 N–H and O–H groups in total. The first-order valence-electron chi connectivity index (χ1n) is 13.5. The van der Waals surface area contributed by atoms with Gasteiger partial charge < -0.3 is 19.7 Å². The lowest BCUT2D eigenvalue weighted by Gasteiger charge is -2.39. The number of carbonyl (C=O) groups is 1. The number of nitrogens with one attached hydrogen (secondary N) is 1. The van der Waals surface area contributed by atoms with Crippen LogP contribution in [0.15, 0.2) is 77.7 Å². The average Bonchev–Trinajstić information content (AvgIpc) is 3.26. The number of para-hydroxylation sites is 1. The van der Waals surface area contributed by atoms with Crippen molar-refractivity contribution in [2.45, 2.75) is 50.8 Å². The molecule has 2 fully saturated rings. The quantitative estimate of drug-likeness (QED) is 0.170. The smallest absolute Gasteiger partial charge is 0.280 e. The van der Waals surface area contributed by atoms with E-state index in [9.17, 15) is 14.9 Å². The molecule has 1 aliphatic heterocycles. The molecule has 9 heteroatoms. The van der Waals surface area contributed by atoms with Crippen molar-refractivity contribution in [1.82, 2.24) is 4.90 Å². The number of thioether (sulfide) groups is 1. The van der Waals surface area contributed by atoms with E-state index in [2.05, 4.69) is 12.2 Å². The first-order valence-corrected chi connectivity index (χ1v) is 14.4. The number of nitro benzene ring substituents is 1. The summed E-state index contributed by atoms with van der Waals surface area (Å²) in [6.07, 6.45) is 5.87. The van der Waals surface area contributed by atoms with Crippen LogP contribution < -0.4 is 14.8 Å². The van der Waals surface area contributed by atoms with Crippen molar-refractivity contribution in [3.63, 3.8) is 0 Å². The summed E-state index contributed by atoms with van der Waals surface area (Å²) in [4.78, 5) is 28.0. The van der Waals surface area contributed by atoms with Crippen molar-refractivity contribution >= 4 is 35.1 Å². The van der Waals surface area contributed by atoms with Crippen molar-refractivity contribution < 1.29 is 19.2 Å². The topological polar surface area (TPSA) is 93.9 Å². The Balaban J connectivity index is 1.48. The van der Waals surface area contributed by atoms with E-state index in [1.54, 1.807) is 12.1 Å². The van der Waals surface area contributed by atoms with Crippen LogP contribution in [-0.4, -0.2) is 34.4 Å². The van der Waals surface area contributed by atoms with Crippen LogP contribution in [0, 0.1) is 16.0 Å². The molecule has 8 nitrogen and oxygen atoms in total. The van der Waals surface area contributed by atoms with E-state index in [1.165, 1.54) is 24.9 Å². The van der Waals surface area contributed by atoms with Gasteiger partial charge in [0.25, 0.3) is 11.6 Å². The summed E-state index contributed by atoms with van der Waals surface area (Å²) in [5.41, 5.74) is 1.67. The molecule has 5 rings (SSSR count). The molecule has 1 saturated heterocycles. The van der Waals surface area contributed by atoms with Crippen LogP contribution in [0.3, 0.4) is 0 Å². The Morgan fingerprint density at radius 2 is 1.75 bits per heavy atom. The fraction of sp³-hybridized carbons (Fsp3) is 0.323. The molecule has 40 heavy (non-hydrogen) atoms. The van der Waals surface area contributed by atoms with Crippen LogP contribution in [0.4, 0.5) is 11.4 Å². The number of nitrogens with zero attached hydrogens (tertiary/aromatic N) is 2. The molecule has 0 radical (unpaired) electrons. The SMILES string of the molecule is COc1cc(/C=C2\SC(Nc3ccccc3)N([C@@H]3CCCC[C@H]3C)C2=O)c([N+](=O)[O-])cc1OCc1ccccc1. The average molecular weight is 560 g/mol. The van der Waals surface area contributed by atoms with Crippen LogP contribution in [0.5, 0.6) is 11.5 Å². The Morgan fingerprint density at radius 1 is 1.05 bits per heavy atom. The van der Waals surface area contributed by atoms with Crippen molar-refractivity contribution in [2.24, 2.45) is 5.92 Å². The van der Waals surface area contributed by atoms with Crippen molar-refractivity contribution in [3.8, 4) is 11.5 Å². The summed E-state index contributed by atoms with van der Waals surface area (Å²) in [6, 6.07) is 22.4. The Morgan fingerprint density at radius 3 is 2.42 bits per heavy atom. The monoisotopic (exact) mass is 559 g/mol. The minimum absolute atomic E-state index is 0.0964. The molecule has 1 aliphatic carbocycles. The van der Waals surface area contributed by atoms with Gasteiger partial charge in [-0.2, -0.15) is 0 Å². The second-order valence-electron chi connectivity index (χ2n) is 10.1. The lowest BCUT2D eigenvalue weighted by molar-refractivity contribution is -0.385. The molecule has 0 aromatic heterocycles. The van der Waals surface area contributed by atoms with Gasteiger partial charge in [-0.15, -0.1) is 0 Å². The first-order chi connectivity index (χ1) is 19.4. The molecule has 0 spiro atoms. The standard InChI is InChI=1S/C31H33N3O5S/c1-21-11-9-10-16-25(21)33-30(35)29(40-31(33)32-24-14-7-4-8-15-24)18-23-17-27(38-2)28(19-26(23)34(36)37)39-20-22-12-5-3-6-13-22/h3-8,12-15,17-19,21,25,31-32H,9-11,16,20H2,1-2H3/b29-18-/t21-,25-,31?/m1/s1. The third kappa shape index (κ3) is 6.09. The van der Waals surface area contributed by atoms with E-state index in [-0.39, 0.29) is 35.5 Å². The number of anilines is 1. The van der Waals surface area contributed by atoms with Gasteiger partial charge in [-0.3, -0.25) is 14.9 Å². The van der Waals surface area contributed by atoms with Crippen LogP contribution in [0.25, 0.3) is 6.08 Å². The lowest BCUT2D eigenvalue weighted by atomic mass is 9.85. The maximum Gasteiger partial charge on any atom is 0.280 e. The number of nitro groups is 1. The molecule has 208 valence electrons. The van der Waals surface area contributed by atoms with Gasteiger partial charge >= 0.3 is 0 Å². The lowest BCUT2D eigenvalue weighted by Crippen LogP contribution is -2.48. The van der Waals surface area contributed by atoms with E-state index in [0.717, 1.165) is 36.9 Å². The number of hydrogen-bond acceptors (Lipinski definition) is 7. The minimum Gasteiger partial charge on any atom is -0.493 e. The highest BCUT2D eigenvalue weighted by Gasteiger charge is 2.43. The Hall–Kier alpha value is -3.98. The van der Waals surface area contributed by atoms with E-state index in [0.29, 0.717) is 22.1 Å². The largest absolute Gasteiger partial charge is 0.493 e. The number of amides is 1.